The summed E-state index contributed by atoms with van der Waals surface area (Å²) >= 11 is 0. The van der Waals surface area contributed by atoms with Gasteiger partial charge in [-0.15, -0.1) is 10.2 Å². The van der Waals surface area contributed by atoms with E-state index in [9.17, 15) is 8.78 Å². The van der Waals surface area contributed by atoms with Gasteiger partial charge in [0.2, 0.25) is 0 Å². The maximum Gasteiger partial charge on any atom is 0.148 e. The lowest BCUT2D eigenvalue weighted by Gasteiger charge is -2.08. The maximum atomic E-state index is 14.0. The second-order valence-corrected chi connectivity index (χ2v) is 7.08. The summed E-state index contributed by atoms with van der Waals surface area (Å²) in [4.78, 5) is 4.59. The van der Waals surface area contributed by atoms with Crippen molar-refractivity contribution in [2.45, 2.75) is 32.2 Å². The van der Waals surface area contributed by atoms with E-state index in [1.807, 2.05) is 36.4 Å². The Morgan fingerprint density at radius 1 is 0.966 bits per heavy atom. The number of rotatable bonds is 6. The summed E-state index contributed by atoms with van der Waals surface area (Å²) in [6.07, 6.45) is 2.32. The second-order valence-electron chi connectivity index (χ2n) is 7.08. The molecule has 0 bridgehead atoms. The van der Waals surface area contributed by atoms with E-state index in [1.165, 1.54) is 18.2 Å². The van der Waals surface area contributed by atoms with Crippen molar-refractivity contribution in [1.82, 2.24) is 10.2 Å². The molecule has 0 amide bonds. The molecule has 2 heterocycles. The van der Waals surface area contributed by atoms with Gasteiger partial charge in [0, 0.05) is 17.8 Å². The number of hydrogen-bond acceptors (Lipinski definition) is 4. The van der Waals surface area contributed by atoms with E-state index in [4.69, 9.17) is 0 Å². The van der Waals surface area contributed by atoms with Crippen molar-refractivity contribution in [1.29, 1.82) is 0 Å². The van der Waals surface area contributed by atoms with E-state index in [-0.39, 0.29) is 11.6 Å². The van der Waals surface area contributed by atoms with Crippen LogP contribution >= 0.6 is 0 Å². The Bertz CT molecular complexity index is 994. The SMILES string of the molecule is CCCNc1ccc(-c2ccc(C3CCC(c4c(F)cccc4F)=N3)cc2)nn1. The van der Waals surface area contributed by atoms with Gasteiger partial charge in [0.15, 0.2) is 0 Å². The van der Waals surface area contributed by atoms with Gasteiger partial charge in [-0.2, -0.15) is 0 Å². The quantitative estimate of drug-likeness (QED) is 0.597. The van der Waals surface area contributed by atoms with E-state index in [2.05, 4.69) is 27.4 Å². The predicted octanol–water partition coefficient (Wildman–Crippen LogP) is 5.57. The first-order chi connectivity index (χ1) is 14.2. The molecule has 148 valence electrons. The molecule has 0 saturated carbocycles. The van der Waals surface area contributed by atoms with Crippen molar-refractivity contribution in [3.63, 3.8) is 0 Å². The van der Waals surface area contributed by atoms with E-state index >= 15 is 0 Å². The summed E-state index contributed by atoms with van der Waals surface area (Å²) in [5.74, 6) is -0.356. The molecule has 1 atom stereocenters. The van der Waals surface area contributed by atoms with Gasteiger partial charge in [-0.3, -0.25) is 4.99 Å². The van der Waals surface area contributed by atoms with Crippen LogP contribution in [0.15, 0.2) is 59.6 Å². The second kappa shape index (κ2) is 8.47. The highest BCUT2D eigenvalue weighted by Crippen LogP contribution is 2.33. The van der Waals surface area contributed by atoms with E-state index in [0.717, 1.165) is 42.0 Å². The summed E-state index contributed by atoms with van der Waals surface area (Å²) in [6.45, 7) is 2.96. The first kappa shape index (κ1) is 19.2. The summed E-state index contributed by atoms with van der Waals surface area (Å²) < 4.78 is 28.1. The van der Waals surface area contributed by atoms with Crippen molar-refractivity contribution in [3.8, 4) is 11.3 Å². The highest BCUT2D eigenvalue weighted by Gasteiger charge is 2.24. The lowest BCUT2D eigenvalue weighted by molar-refractivity contribution is 0.578. The van der Waals surface area contributed by atoms with Gasteiger partial charge in [0.1, 0.15) is 17.5 Å². The number of aromatic nitrogens is 2. The van der Waals surface area contributed by atoms with Gasteiger partial charge < -0.3 is 5.32 Å². The first-order valence-electron chi connectivity index (χ1n) is 9.84. The molecule has 4 rings (SSSR count). The molecule has 0 aliphatic carbocycles. The minimum atomic E-state index is -0.560. The third kappa shape index (κ3) is 4.16. The predicted molar refractivity (Wildman–Crippen MR) is 111 cm³/mol. The third-order valence-corrected chi connectivity index (χ3v) is 5.03. The Hall–Kier alpha value is -3.15. The molecule has 0 spiro atoms. The Morgan fingerprint density at radius 2 is 1.72 bits per heavy atom. The number of hydrogen-bond donors (Lipinski definition) is 1. The van der Waals surface area contributed by atoms with Crippen LogP contribution < -0.4 is 5.32 Å². The molecule has 0 radical (unpaired) electrons. The first-order valence-corrected chi connectivity index (χ1v) is 9.84. The molecule has 29 heavy (non-hydrogen) atoms. The average molecular weight is 392 g/mol. The van der Waals surface area contributed by atoms with Crippen LogP contribution in [0.2, 0.25) is 0 Å². The normalized spacial score (nSPS) is 16.0. The van der Waals surface area contributed by atoms with Crippen LogP contribution in [0.5, 0.6) is 0 Å². The number of benzene rings is 2. The lowest BCUT2D eigenvalue weighted by atomic mass is 10.0. The van der Waals surface area contributed by atoms with Crippen LogP contribution in [0.1, 0.15) is 43.4 Å². The Balaban J connectivity index is 1.50. The van der Waals surface area contributed by atoms with Crippen LogP contribution in [0, 0.1) is 11.6 Å². The summed E-state index contributed by atoms with van der Waals surface area (Å²) in [5, 5.41) is 11.7. The fraction of sp³-hybridized carbons (Fsp3) is 0.261. The molecule has 0 fully saturated rings. The van der Waals surface area contributed by atoms with E-state index < -0.39 is 11.6 Å². The van der Waals surface area contributed by atoms with Crippen molar-refractivity contribution in [2.75, 3.05) is 11.9 Å². The van der Waals surface area contributed by atoms with Crippen molar-refractivity contribution >= 4 is 11.5 Å². The minimum absolute atomic E-state index is 0.00123. The van der Waals surface area contributed by atoms with Crippen molar-refractivity contribution in [3.05, 3.63) is 77.4 Å². The molecule has 1 unspecified atom stereocenters. The lowest BCUT2D eigenvalue weighted by Crippen LogP contribution is -2.03. The molecule has 0 saturated heterocycles. The van der Waals surface area contributed by atoms with Crippen molar-refractivity contribution in [2.24, 2.45) is 4.99 Å². The zero-order valence-corrected chi connectivity index (χ0v) is 16.2. The standard InChI is InChI=1S/C23H22F2N4/c1-2-14-26-22-13-12-20(28-29-22)16-8-6-15(7-9-16)19-10-11-21(27-19)23-17(24)4-3-5-18(23)25/h3-9,12-13,19H,2,10-11,14H2,1H3,(H,26,29). The Morgan fingerprint density at radius 3 is 2.38 bits per heavy atom. The number of aliphatic imine (C=N–C) groups is 1. The van der Waals surface area contributed by atoms with Gasteiger partial charge in [0.05, 0.1) is 17.3 Å². The fourth-order valence-corrected chi connectivity index (χ4v) is 3.50. The van der Waals surface area contributed by atoms with Crippen LogP contribution in [0.25, 0.3) is 11.3 Å². The van der Waals surface area contributed by atoms with E-state index in [0.29, 0.717) is 12.1 Å². The zero-order valence-electron chi connectivity index (χ0n) is 16.2. The number of nitrogens with one attached hydrogen (secondary N) is 1. The summed E-state index contributed by atoms with van der Waals surface area (Å²) in [6, 6.07) is 15.6. The number of anilines is 1. The highest BCUT2D eigenvalue weighted by molar-refractivity contribution is 6.02. The minimum Gasteiger partial charge on any atom is -0.369 e. The zero-order chi connectivity index (χ0) is 20.2. The Labute approximate surface area is 168 Å². The van der Waals surface area contributed by atoms with Gasteiger partial charge >= 0.3 is 0 Å². The van der Waals surface area contributed by atoms with Crippen LogP contribution in [-0.2, 0) is 0 Å². The smallest absolute Gasteiger partial charge is 0.148 e. The third-order valence-electron chi connectivity index (χ3n) is 5.03. The molecule has 6 heteroatoms. The summed E-state index contributed by atoms with van der Waals surface area (Å²) in [5.41, 5.74) is 3.28. The van der Waals surface area contributed by atoms with Crippen molar-refractivity contribution < 1.29 is 8.78 Å². The Kier molecular flexibility index (Phi) is 5.60. The molecule has 1 N–H and O–H groups in total. The molecule has 1 aromatic heterocycles. The molecular weight excluding hydrogens is 370 g/mol. The largest absolute Gasteiger partial charge is 0.369 e. The maximum absolute atomic E-state index is 14.0. The topological polar surface area (TPSA) is 50.2 Å². The fourth-order valence-electron chi connectivity index (χ4n) is 3.50. The highest BCUT2D eigenvalue weighted by atomic mass is 19.1. The molecule has 2 aromatic carbocycles. The van der Waals surface area contributed by atoms with E-state index in [1.54, 1.807) is 0 Å². The molecule has 1 aliphatic heterocycles. The average Bonchev–Trinajstić information content (AvgIpc) is 3.22. The number of halogens is 2. The number of nitrogens with zero attached hydrogens (tertiary/aromatic N) is 3. The van der Waals surface area contributed by atoms with Crippen LogP contribution in [-0.4, -0.2) is 22.5 Å². The van der Waals surface area contributed by atoms with Gasteiger partial charge in [0.25, 0.3) is 0 Å². The van der Waals surface area contributed by atoms with Gasteiger partial charge in [-0.1, -0.05) is 37.3 Å². The molecule has 4 nitrogen and oxygen atoms in total. The molecule has 1 aliphatic rings. The monoisotopic (exact) mass is 392 g/mol. The van der Waals surface area contributed by atoms with Gasteiger partial charge in [-0.05, 0) is 49.1 Å². The molecular formula is C23H22F2N4. The van der Waals surface area contributed by atoms with Crippen LogP contribution in [0.4, 0.5) is 14.6 Å². The van der Waals surface area contributed by atoms with Gasteiger partial charge in [-0.25, -0.2) is 8.78 Å². The molecule has 3 aromatic rings. The van der Waals surface area contributed by atoms with Crippen LogP contribution in [0.3, 0.4) is 0 Å². The summed E-state index contributed by atoms with van der Waals surface area (Å²) in [7, 11) is 0.